The fourth-order valence-corrected chi connectivity index (χ4v) is 4.26. The quantitative estimate of drug-likeness (QED) is 0.710. The zero-order valence-electron chi connectivity index (χ0n) is 15.9. The maximum absolute atomic E-state index is 13.1. The van der Waals surface area contributed by atoms with Crippen LogP contribution in [-0.2, 0) is 15.0 Å². The van der Waals surface area contributed by atoms with Gasteiger partial charge in [0, 0.05) is 13.1 Å². The minimum absolute atomic E-state index is 0.0522. The topological polar surface area (TPSA) is 66.5 Å². The van der Waals surface area contributed by atoms with Gasteiger partial charge in [-0.2, -0.15) is 0 Å². The summed E-state index contributed by atoms with van der Waals surface area (Å²) in [5, 5.41) is 2.37. The number of hydrogen-bond acceptors (Lipinski definition) is 4. The third-order valence-electron chi connectivity index (χ3n) is 5.24. The molecule has 0 atom stereocenters. The molecule has 2 aromatic carbocycles. The molecule has 1 heterocycles. The number of imide groups is 1. The van der Waals surface area contributed by atoms with Crippen LogP contribution in [0.1, 0.15) is 24.0 Å². The van der Waals surface area contributed by atoms with Gasteiger partial charge in [-0.3, -0.25) is 19.3 Å². The van der Waals surface area contributed by atoms with E-state index in [0.29, 0.717) is 18.4 Å². The Labute approximate surface area is 176 Å². The number of benzene rings is 2. The molecule has 30 heavy (non-hydrogen) atoms. The highest BCUT2D eigenvalue weighted by atomic mass is 32.2. The van der Waals surface area contributed by atoms with E-state index >= 15 is 0 Å². The van der Waals surface area contributed by atoms with Crippen LogP contribution in [0.5, 0.6) is 0 Å². The van der Waals surface area contributed by atoms with Crippen LogP contribution in [0.25, 0.3) is 6.08 Å². The average Bonchev–Trinajstić information content (AvgIpc) is 3.49. The SMILES string of the molecule is O=C1S/C(=C\c2ccc(F)cc2)C(=O)N1CCNC(=O)C1(c2ccc(F)cc2)CC1. The van der Waals surface area contributed by atoms with E-state index in [0.717, 1.165) is 22.2 Å². The minimum Gasteiger partial charge on any atom is -0.354 e. The third-order valence-corrected chi connectivity index (χ3v) is 6.15. The molecule has 5 nitrogen and oxygen atoms in total. The van der Waals surface area contributed by atoms with Crippen molar-refractivity contribution in [1.29, 1.82) is 0 Å². The first-order valence-corrected chi connectivity index (χ1v) is 10.3. The second-order valence-corrected chi connectivity index (χ2v) is 8.22. The van der Waals surface area contributed by atoms with Gasteiger partial charge >= 0.3 is 0 Å². The van der Waals surface area contributed by atoms with Crippen molar-refractivity contribution in [3.05, 3.63) is 76.2 Å². The summed E-state index contributed by atoms with van der Waals surface area (Å²) in [5.41, 5.74) is 0.717. The van der Waals surface area contributed by atoms with Crippen molar-refractivity contribution >= 4 is 34.9 Å². The predicted octanol–water partition coefficient (Wildman–Crippen LogP) is 3.85. The summed E-state index contributed by atoms with van der Waals surface area (Å²) < 4.78 is 26.2. The molecular weight excluding hydrogens is 410 g/mol. The highest BCUT2D eigenvalue weighted by Crippen LogP contribution is 2.48. The van der Waals surface area contributed by atoms with Crippen LogP contribution >= 0.6 is 11.8 Å². The minimum atomic E-state index is -0.658. The lowest BCUT2D eigenvalue weighted by molar-refractivity contribution is -0.125. The average molecular weight is 428 g/mol. The zero-order valence-corrected chi connectivity index (χ0v) is 16.7. The van der Waals surface area contributed by atoms with Gasteiger partial charge in [0.2, 0.25) is 5.91 Å². The molecule has 0 aromatic heterocycles. The van der Waals surface area contributed by atoms with Gasteiger partial charge in [0.05, 0.1) is 10.3 Å². The van der Waals surface area contributed by atoms with Gasteiger partial charge in [0.25, 0.3) is 11.1 Å². The molecule has 1 N–H and O–H groups in total. The number of rotatable bonds is 6. The van der Waals surface area contributed by atoms with Gasteiger partial charge in [-0.05, 0) is 66.1 Å². The van der Waals surface area contributed by atoms with Crippen LogP contribution in [-0.4, -0.2) is 35.0 Å². The van der Waals surface area contributed by atoms with Crippen molar-refractivity contribution in [3.8, 4) is 0 Å². The number of halogens is 2. The molecule has 0 unspecified atom stereocenters. The summed E-state index contributed by atoms with van der Waals surface area (Å²) in [6.45, 7) is 0.181. The fraction of sp³-hybridized carbons (Fsp3) is 0.227. The van der Waals surface area contributed by atoms with Crippen LogP contribution in [0.3, 0.4) is 0 Å². The van der Waals surface area contributed by atoms with E-state index < -0.39 is 16.6 Å². The van der Waals surface area contributed by atoms with Crippen LogP contribution < -0.4 is 5.32 Å². The van der Waals surface area contributed by atoms with Crippen molar-refractivity contribution in [2.45, 2.75) is 18.3 Å². The first kappa shape index (κ1) is 20.3. The molecule has 4 rings (SSSR count). The smallest absolute Gasteiger partial charge is 0.293 e. The molecule has 0 spiro atoms. The molecule has 1 aliphatic carbocycles. The molecule has 0 bridgehead atoms. The normalized spacial score (nSPS) is 18.7. The summed E-state index contributed by atoms with van der Waals surface area (Å²) in [7, 11) is 0. The molecule has 2 fully saturated rings. The summed E-state index contributed by atoms with van der Waals surface area (Å²) in [4.78, 5) is 38.7. The third kappa shape index (κ3) is 4.00. The molecule has 154 valence electrons. The van der Waals surface area contributed by atoms with Crippen molar-refractivity contribution in [3.63, 3.8) is 0 Å². The second-order valence-electron chi connectivity index (χ2n) is 7.23. The first-order chi connectivity index (χ1) is 14.4. The van der Waals surface area contributed by atoms with E-state index in [-0.39, 0.29) is 35.5 Å². The summed E-state index contributed by atoms with van der Waals surface area (Å²) >= 11 is 0.812. The van der Waals surface area contributed by atoms with Crippen LogP contribution in [0.2, 0.25) is 0 Å². The molecule has 2 aliphatic rings. The maximum atomic E-state index is 13.1. The van der Waals surface area contributed by atoms with E-state index in [2.05, 4.69) is 5.32 Å². The van der Waals surface area contributed by atoms with E-state index in [9.17, 15) is 23.2 Å². The highest BCUT2D eigenvalue weighted by molar-refractivity contribution is 8.18. The second kappa shape index (κ2) is 8.02. The van der Waals surface area contributed by atoms with Crippen LogP contribution in [0.15, 0.2) is 53.4 Å². The number of carbonyl (C=O) groups excluding carboxylic acids is 3. The van der Waals surface area contributed by atoms with Gasteiger partial charge in [-0.1, -0.05) is 24.3 Å². The largest absolute Gasteiger partial charge is 0.354 e. The molecule has 1 saturated heterocycles. The van der Waals surface area contributed by atoms with Gasteiger partial charge in [0.15, 0.2) is 0 Å². The maximum Gasteiger partial charge on any atom is 0.293 e. The Hall–Kier alpha value is -3.00. The lowest BCUT2D eigenvalue weighted by Crippen LogP contribution is -2.41. The monoisotopic (exact) mass is 428 g/mol. The van der Waals surface area contributed by atoms with Crippen molar-refractivity contribution in [2.24, 2.45) is 0 Å². The number of nitrogens with zero attached hydrogens (tertiary/aromatic N) is 1. The van der Waals surface area contributed by atoms with E-state index in [1.165, 1.54) is 42.5 Å². The van der Waals surface area contributed by atoms with Crippen molar-refractivity contribution < 1.29 is 23.2 Å². The van der Waals surface area contributed by atoms with Crippen LogP contribution in [0, 0.1) is 11.6 Å². The Morgan fingerprint density at radius 2 is 1.63 bits per heavy atom. The molecule has 1 saturated carbocycles. The first-order valence-electron chi connectivity index (χ1n) is 9.44. The molecule has 0 radical (unpaired) electrons. The lowest BCUT2D eigenvalue weighted by atomic mass is 9.95. The van der Waals surface area contributed by atoms with Crippen LogP contribution in [0.4, 0.5) is 13.6 Å². The molecule has 1 aliphatic heterocycles. The van der Waals surface area contributed by atoms with E-state index in [4.69, 9.17) is 0 Å². The Morgan fingerprint density at radius 1 is 1.03 bits per heavy atom. The highest BCUT2D eigenvalue weighted by Gasteiger charge is 2.51. The molecule has 3 amide bonds. The fourth-order valence-electron chi connectivity index (χ4n) is 3.39. The Bertz CT molecular complexity index is 1030. The standard InChI is InChI=1S/C22H18F2N2O3S/c23-16-5-1-14(2-6-16)13-18-19(27)26(21(29)30-18)12-11-25-20(28)22(9-10-22)15-3-7-17(24)8-4-15/h1-8,13H,9-12H2,(H,25,28)/b18-13-. The van der Waals surface area contributed by atoms with E-state index in [1.807, 2.05) is 0 Å². The van der Waals surface area contributed by atoms with E-state index in [1.54, 1.807) is 12.1 Å². The molecule has 2 aromatic rings. The molecular formula is C22H18F2N2O3S. The predicted molar refractivity (Wildman–Crippen MR) is 109 cm³/mol. The number of thioether (sulfide) groups is 1. The van der Waals surface area contributed by atoms with Crippen molar-refractivity contribution in [1.82, 2.24) is 10.2 Å². The summed E-state index contributed by atoms with van der Waals surface area (Å²) in [6.07, 6.45) is 2.88. The number of hydrogen-bond donors (Lipinski definition) is 1. The van der Waals surface area contributed by atoms with Gasteiger partial charge in [-0.15, -0.1) is 0 Å². The van der Waals surface area contributed by atoms with Crippen molar-refractivity contribution in [2.75, 3.05) is 13.1 Å². The number of nitrogens with one attached hydrogen (secondary N) is 1. The molecule has 8 heteroatoms. The lowest BCUT2D eigenvalue weighted by Gasteiger charge is -2.17. The zero-order chi connectivity index (χ0) is 21.3. The summed E-state index contributed by atoms with van der Waals surface area (Å²) in [6, 6.07) is 11.5. The Balaban J connectivity index is 1.35. The summed E-state index contributed by atoms with van der Waals surface area (Å²) in [5.74, 6) is -1.38. The van der Waals surface area contributed by atoms with Gasteiger partial charge in [-0.25, -0.2) is 8.78 Å². The number of carbonyl (C=O) groups is 3. The number of amides is 3. The Kier molecular flexibility index (Phi) is 5.42. The van der Waals surface area contributed by atoms with Gasteiger partial charge < -0.3 is 5.32 Å². The Morgan fingerprint density at radius 3 is 2.23 bits per heavy atom. The van der Waals surface area contributed by atoms with Gasteiger partial charge in [0.1, 0.15) is 11.6 Å².